The van der Waals surface area contributed by atoms with E-state index >= 15 is 0 Å². The number of hydrogen-bond donors (Lipinski definition) is 6. The third kappa shape index (κ3) is 17.8. The fraction of sp³-hybridized carbons (Fsp3) is 0.742. The second-order valence-corrected chi connectivity index (χ2v) is 25.6. The summed E-state index contributed by atoms with van der Waals surface area (Å²) in [6.45, 7) is 13.4. The van der Waals surface area contributed by atoms with Crippen LogP contribution in [0.25, 0.3) is 0 Å². The van der Waals surface area contributed by atoms with Gasteiger partial charge in [-0.05, 0) is 107 Å². The van der Waals surface area contributed by atoms with E-state index in [1.807, 2.05) is 51.2 Å². The Morgan fingerprint density at radius 2 is 1.65 bits per heavy atom. The zero-order chi connectivity index (χ0) is 62.4. The van der Waals surface area contributed by atoms with Crippen molar-refractivity contribution >= 4 is 46.9 Å². The second-order valence-electron chi connectivity index (χ2n) is 24.5. The van der Waals surface area contributed by atoms with Crippen LogP contribution in [0.2, 0.25) is 0 Å². The number of amides is 2. The molecule has 4 fully saturated rings. The molecular formula is C62H95N5O17S. The van der Waals surface area contributed by atoms with E-state index in [1.165, 1.54) is 30.7 Å². The molecule has 2 unspecified atom stereocenters. The Morgan fingerprint density at radius 1 is 0.906 bits per heavy atom. The van der Waals surface area contributed by atoms with E-state index in [4.69, 9.17) is 28.4 Å². The number of nitrogens with zero attached hydrogens (tertiary/aromatic N) is 4. The Hall–Kier alpha value is -4.53. The van der Waals surface area contributed by atoms with Crippen LogP contribution in [-0.4, -0.2) is 193 Å². The number of methoxy groups -OCH3 is 3. The van der Waals surface area contributed by atoms with Gasteiger partial charge < -0.3 is 64.2 Å². The third-order valence-electron chi connectivity index (χ3n) is 18.0. The molecular weight excluding hydrogens is 1120 g/mol. The maximum atomic E-state index is 14.7. The molecule has 20 atom stereocenters. The fourth-order valence-corrected chi connectivity index (χ4v) is 13.9. The molecule has 0 radical (unpaired) electrons. The SMILES string of the molecule is COC1C[C@@H]2CC[C@@H](C)[C@@](O)(O2)C(=O)C(=O)N2CCCC[C@H]2C(=O)O[C@H]([C@H](C)C[C@@H]2CC[C@H](n3cc(CS[C@@H]4O[C@H](CO)[C@@H](O)[C@H](O)[C@H]4NC(C)=O)nn3)[C@H](OC)C2)CC(=O)[C@H](C)/C=C(\C)[C@@H](O)C(OC)C(=O)[C@H](C)C[C@H](C)/C=C/C=C/C=C/1C. The van der Waals surface area contributed by atoms with Crippen molar-refractivity contribution in [2.75, 3.05) is 34.5 Å². The number of ketones is 3. The number of allylic oxidation sites excluding steroid dienone is 6. The Bertz CT molecular complexity index is 2560. The standard InChI is InChI=1S/C62H95N5O17S/c1-34-17-13-12-14-18-35(2)48(79-9)29-44-22-20-40(7)62(78,84-44)58(75)59(76)66-24-16-15-19-46(66)60(77)82-49(30-47(70)36(3)26-39(6)54(72)57(81-11)53(71)38(5)25-34)37(4)27-42-21-23-45(50(28-42)80-10)67-31-43(64-65-67)33-85-61-52(63-41(8)69)56(74)55(73)51(32-68)83-61/h12-14,17-18,26,31,34,36-38,40,42,44-46,48-52,54-57,61,68,72-74,78H,15-16,19-25,27-30,32-33H2,1-11H3,(H,63,69)/b14-12+,17-13+,35-18+,39-26+/t34-,36-,37-,38-,40-,42+,44+,45+,46+,48?,49+,50-,51-,52-,54-,55-,56-,57?,61+,62-/m1/s1. The van der Waals surface area contributed by atoms with Crippen LogP contribution in [0.3, 0.4) is 0 Å². The number of fused-ring (bicyclic) bond motifs is 3. The molecule has 6 rings (SSSR count). The number of carbonyl (C=O) groups excluding carboxylic acids is 6. The highest BCUT2D eigenvalue weighted by Gasteiger charge is 2.53. The molecule has 0 aromatic carbocycles. The van der Waals surface area contributed by atoms with Crippen molar-refractivity contribution < 1.29 is 82.7 Å². The van der Waals surface area contributed by atoms with Crippen molar-refractivity contribution in [2.24, 2.45) is 35.5 Å². The number of cyclic esters (lactones) is 1. The summed E-state index contributed by atoms with van der Waals surface area (Å²) in [5, 5.41) is 66.3. The van der Waals surface area contributed by atoms with E-state index in [0.717, 1.165) is 5.57 Å². The highest BCUT2D eigenvalue weighted by molar-refractivity contribution is 7.99. The molecule has 3 saturated heterocycles. The number of ether oxygens (including phenoxy) is 6. The molecule has 2 bridgehead atoms. The zero-order valence-electron chi connectivity index (χ0n) is 51.4. The summed E-state index contributed by atoms with van der Waals surface area (Å²) in [6.07, 6.45) is 9.08. The van der Waals surface area contributed by atoms with Crippen molar-refractivity contribution in [1.82, 2.24) is 25.2 Å². The molecule has 1 aromatic rings. The predicted molar refractivity (Wildman–Crippen MR) is 315 cm³/mol. The number of aliphatic hydroxyl groups is 5. The normalized spacial score (nSPS) is 39.1. The van der Waals surface area contributed by atoms with Crippen molar-refractivity contribution in [3.63, 3.8) is 0 Å². The number of hydrogen-bond acceptors (Lipinski definition) is 20. The number of Topliss-reactive ketones (excluding diaryl/α,β-unsaturated/α-hetero) is 3. The van der Waals surface area contributed by atoms with E-state index in [-0.39, 0.29) is 67.1 Å². The summed E-state index contributed by atoms with van der Waals surface area (Å²) in [4.78, 5) is 85.2. The van der Waals surface area contributed by atoms with Crippen LogP contribution in [-0.2, 0) is 62.9 Å². The van der Waals surface area contributed by atoms with Crippen LogP contribution in [0.5, 0.6) is 0 Å². The van der Waals surface area contributed by atoms with Gasteiger partial charge in [0.25, 0.3) is 11.7 Å². The van der Waals surface area contributed by atoms with Crippen molar-refractivity contribution in [3.05, 3.63) is 59.5 Å². The van der Waals surface area contributed by atoms with Gasteiger partial charge in [-0.3, -0.25) is 24.0 Å². The van der Waals surface area contributed by atoms with E-state index in [9.17, 15) is 54.3 Å². The van der Waals surface area contributed by atoms with Gasteiger partial charge in [-0.1, -0.05) is 76.3 Å². The number of esters is 1. The third-order valence-corrected chi connectivity index (χ3v) is 19.2. The monoisotopic (exact) mass is 1210 g/mol. The summed E-state index contributed by atoms with van der Waals surface area (Å²) >= 11 is 1.23. The Kier molecular flexibility index (Phi) is 26.3. The molecule has 6 N–H and O–H groups in total. The maximum absolute atomic E-state index is 14.7. The minimum atomic E-state index is -2.48. The Labute approximate surface area is 504 Å². The quantitative estimate of drug-likeness (QED) is 0.0928. The van der Waals surface area contributed by atoms with Crippen LogP contribution < -0.4 is 5.32 Å². The first kappa shape index (κ1) is 69.6. The highest BCUT2D eigenvalue weighted by atomic mass is 32.2. The first-order valence-corrected chi connectivity index (χ1v) is 31.3. The summed E-state index contributed by atoms with van der Waals surface area (Å²) in [7, 11) is 4.55. The van der Waals surface area contributed by atoms with Gasteiger partial charge in [0.2, 0.25) is 11.7 Å². The average molecular weight is 1210 g/mol. The summed E-state index contributed by atoms with van der Waals surface area (Å²) in [5.41, 5.74) is 0.970. The molecule has 1 aromatic heterocycles. The number of aromatic nitrogens is 3. The summed E-state index contributed by atoms with van der Waals surface area (Å²) < 4.78 is 37.8. The number of rotatable bonds is 12. The summed E-state index contributed by atoms with van der Waals surface area (Å²) in [6, 6.07) is -2.38. The van der Waals surface area contributed by atoms with E-state index in [1.54, 1.807) is 58.9 Å². The molecule has 2 amide bonds. The first-order chi connectivity index (χ1) is 40.3. The highest BCUT2D eigenvalue weighted by Crippen LogP contribution is 2.40. The predicted octanol–water partition coefficient (Wildman–Crippen LogP) is 4.83. The lowest BCUT2D eigenvalue weighted by molar-refractivity contribution is -0.265. The van der Waals surface area contributed by atoms with Gasteiger partial charge in [0.05, 0.1) is 42.7 Å². The lowest BCUT2D eigenvalue weighted by Crippen LogP contribution is -2.63. The van der Waals surface area contributed by atoms with Crippen molar-refractivity contribution in [3.8, 4) is 0 Å². The molecule has 476 valence electrons. The van der Waals surface area contributed by atoms with Crippen LogP contribution in [0.1, 0.15) is 144 Å². The number of piperidine rings is 1. The largest absolute Gasteiger partial charge is 0.460 e. The Morgan fingerprint density at radius 3 is 2.33 bits per heavy atom. The van der Waals surface area contributed by atoms with E-state index < -0.39 is 126 Å². The smallest absolute Gasteiger partial charge is 0.329 e. The van der Waals surface area contributed by atoms with Crippen molar-refractivity contribution in [2.45, 2.75) is 222 Å². The van der Waals surface area contributed by atoms with E-state index in [2.05, 4.69) is 15.6 Å². The molecule has 4 aliphatic heterocycles. The molecule has 22 nitrogen and oxygen atoms in total. The van der Waals surface area contributed by atoms with Gasteiger partial charge in [-0.2, -0.15) is 0 Å². The minimum Gasteiger partial charge on any atom is -0.460 e. The minimum absolute atomic E-state index is 0.0135. The number of carbonyl (C=O) groups is 6. The first-order valence-electron chi connectivity index (χ1n) is 30.3. The lowest BCUT2D eigenvalue weighted by Gasteiger charge is -2.42. The topological polar surface area (TPSA) is 305 Å². The molecule has 23 heteroatoms. The van der Waals surface area contributed by atoms with Gasteiger partial charge in [0.1, 0.15) is 53.9 Å². The van der Waals surface area contributed by atoms with Gasteiger partial charge in [0.15, 0.2) is 5.78 Å². The molecule has 1 aliphatic carbocycles. The fourth-order valence-electron chi connectivity index (χ4n) is 12.7. The van der Waals surface area contributed by atoms with Crippen LogP contribution in [0.4, 0.5) is 0 Å². The average Bonchev–Trinajstić information content (AvgIpc) is 4.14. The van der Waals surface area contributed by atoms with Crippen LogP contribution >= 0.6 is 11.8 Å². The zero-order valence-corrected chi connectivity index (χ0v) is 52.3. The number of nitrogens with one attached hydrogen (secondary N) is 1. The second kappa shape index (κ2) is 32.1. The Balaban J connectivity index is 1.24. The molecule has 0 spiro atoms. The lowest BCUT2D eigenvalue weighted by atomic mass is 9.77. The van der Waals surface area contributed by atoms with Gasteiger partial charge in [0, 0.05) is 77.3 Å². The van der Waals surface area contributed by atoms with Crippen LogP contribution in [0.15, 0.2) is 53.8 Å². The van der Waals surface area contributed by atoms with Gasteiger partial charge >= 0.3 is 5.97 Å². The molecule has 5 heterocycles. The van der Waals surface area contributed by atoms with Crippen molar-refractivity contribution in [1.29, 1.82) is 0 Å². The van der Waals surface area contributed by atoms with Gasteiger partial charge in [-0.15, -0.1) is 16.9 Å². The summed E-state index contributed by atoms with van der Waals surface area (Å²) in [5.74, 6) is -8.70. The molecule has 5 aliphatic rings. The number of thioether (sulfide) groups is 1. The molecule has 1 saturated carbocycles. The van der Waals surface area contributed by atoms with Gasteiger partial charge in [-0.25, -0.2) is 9.48 Å². The van der Waals surface area contributed by atoms with E-state index in [0.29, 0.717) is 69.1 Å². The molecule has 85 heavy (non-hydrogen) atoms. The number of aliphatic hydroxyl groups excluding tert-OH is 4. The van der Waals surface area contributed by atoms with Crippen LogP contribution in [0, 0.1) is 35.5 Å². The maximum Gasteiger partial charge on any atom is 0.329 e.